The Kier molecular flexibility index (Phi) is 7.23. The molecule has 3 nitrogen and oxygen atoms in total. The highest BCUT2D eigenvalue weighted by molar-refractivity contribution is 4.66. The number of aliphatic hydroxyl groups excluding tert-OH is 1. The van der Waals surface area contributed by atoms with E-state index in [-0.39, 0.29) is 6.10 Å². The van der Waals surface area contributed by atoms with Crippen molar-refractivity contribution in [3.8, 4) is 0 Å². The van der Waals surface area contributed by atoms with Crippen LogP contribution < -0.4 is 5.32 Å². The van der Waals surface area contributed by atoms with E-state index in [9.17, 15) is 5.11 Å². The molecule has 0 spiro atoms. The zero-order valence-electron chi connectivity index (χ0n) is 9.21. The zero-order chi connectivity index (χ0) is 10.3. The van der Waals surface area contributed by atoms with E-state index in [2.05, 4.69) is 12.2 Å². The lowest BCUT2D eigenvalue weighted by Gasteiger charge is -2.19. The first-order chi connectivity index (χ1) is 6.07. The Labute approximate surface area is 81.5 Å². The Balaban J connectivity index is 3.40. The van der Waals surface area contributed by atoms with Gasteiger partial charge in [-0.25, -0.2) is 0 Å². The van der Waals surface area contributed by atoms with Crippen molar-refractivity contribution >= 4 is 0 Å². The molecule has 0 aliphatic carbocycles. The van der Waals surface area contributed by atoms with Crippen LogP contribution in [0.3, 0.4) is 0 Å². The Bertz CT molecular complexity index is 117. The van der Waals surface area contributed by atoms with Crippen molar-refractivity contribution in [2.75, 3.05) is 19.8 Å². The first-order valence-corrected chi connectivity index (χ1v) is 5.07. The Morgan fingerprint density at radius 2 is 1.92 bits per heavy atom. The maximum Gasteiger partial charge on any atom is 0.0687 e. The predicted molar refractivity (Wildman–Crippen MR) is 54.8 cm³/mol. The lowest BCUT2D eigenvalue weighted by Crippen LogP contribution is -2.38. The van der Waals surface area contributed by atoms with E-state index in [1.165, 1.54) is 0 Å². The van der Waals surface area contributed by atoms with Crippen LogP contribution in [0.15, 0.2) is 0 Å². The molecule has 0 aromatic heterocycles. The van der Waals surface area contributed by atoms with Gasteiger partial charge in [-0.2, -0.15) is 0 Å². The van der Waals surface area contributed by atoms with Gasteiger partial charge in [0.15, 0.2) is 0 Å². The molecule has 0 aliphatic heterocycles. The summed E-state index contributed by atoms with van der Waals surface area (Å²) in [6.45, 7) is 10.2. The highest BCUT2D eigenvalue weighted by atomic mass is 16.5. The second-order valence-electron chi connectivity index (χ2n) is 3.78. The predicted octanol–water partition coefficient (Wildman–Crippen LogP) is 1.02. The molecule has 0 bridgehead atoms. The molecule has 80 valence electrons. The van der Waals surface area contributed by atoms with Gasteiger partial charge >= 0.3 is 0 Å². The summed E-state index contributed by atoms with van der Waals surface area (Å²) in [5, 5.41) is 12.7. The van der Waals surface area contributed by atoms with Crippen molar-refractivity contribution in [2.45, 2.75) is 39.8 Å². The summed E-state index contributed by atoms with van der Waals surface area (Å²) in [6, 6.07) is 0.313. The molecule has 0 saturated carbocycles. The van der Waals surface area contributed by atoms with Crippen LogP contribution >= 0.6 is 0 Å². The summed E-state index contributed by atoms with van der Waals surface area (Å²) >= 11 is 0. The smallest absolute Gasteiger partial charge is 0.0687 e. The second-order valence-corrected chi connectivity index (χ2v) is 3.78. The van der Waals surface area contributed by atoms with Gasteiger partial charge in [-0.15, -0.1) is 0 Å². The Morgan fingerprint density at radius 1 is 1.31 bits per heavy atom. The molecule has 0 aromatic carbocycles. The van der Waals surface area contributed by atoms with E-state index in [4.69, 9.17) is 4.74 Å². The van der Waals surface area contributed by atoms with Crippen LogP contribution in [0.25, 0.3) is 0 Å². The number of ether oxygens (including phenoxy) is 1. The van der Waals surface area contributed by atoms with Gasteiger partial charge in [0.25, 0.3) is 0 Å². The van der Waals surface area contributed by atoms with Crippen molar-refractivity contribution in [3.63, 3.8) is 0 Å². The van der Waals surface area contributed by atoms with E-state index < -0.39 is 0 Å². The van der Waals surface area contributed by atoms with Gasteiger partial charge in [-0.05, 0) is 19.8 Å². The molecule has 13 heavy (non-hydrogen) atoms. The fraction of sp³-hybridized carbons (Fsp3) is 1.00. The van der Waals surface area contributed by atoms with Crippen LogP contribution in [-0.4, -0.2) is 37.0 Å². The largest absolute Gasteiger partial charge is 0.392 e. The van der Waals surface area contributed by atoms with Crippen LogP contribution in [0.2, 0.25) is 0 Å². The molecule has 0 heterocycles. The molecule has 0 aliphatic rings. The molecular formula is C10H23NO2. The van der Waals surface area contributed by atoms with E-state index in [1.54, 1.807) is 0 Å². The summed E-state index contributed by atoms with van der Waals surface area (Å²) in [5.41, 5.74) is 0. The second kappa shape index (κ2) is 7.30. The van der Waals surface area contributed by atoms with Gasteiger partial charge in [0.1, 0.15) is 0 Å². The first-order valence-electron chi connectivity index (χ1n) is 5.07. The van der Waals surface area contributed by atoms with E-state index in [0.717, 1.165) is 6.61 Å². The zero-order valence-corrected chi connectivity index (χ0v) is 9.21. The molecule has 2 atom stereocenters. The van der Waals surface area contributed by atoms with Crippen LogP contribution in [0.4, 0.5) is 0 Å². The normalized spacial score (nSPS) is 16.2. The molecule has 0 fully saturated rings. The van der Waals surface area contributed by atoms with Crippen LogP contribution in [0, 0.1) is 5.92 Å². The summed E-state index contributed by atoms with van der Waals surface area (Å²) in [6.07, 6.45) is -0.260. The average molecular weight is 189 g/mol. The molecule has 0 rings (SSSR count). The molecule has 0 amide bonds. The van der Waals surface area contributed by atoms with E-state index >= 15 is 0 Å². The Morgan fingerprint density at radius 3 is 2.38 bits per heavy atom. The minimum absolute atomic E-state index is 0.260. The number of nitrogens with one attached hydrogen (secondary N) is 1. The SMILES string of the molecule is CCOCC(C)NCC(O)C(C)C. The van der Waals surface area contributed by atoms with Crippen LogP contribution in [0.1, 0.15) is 27.7 Å². The molecule has 3 heteroatoms. The fourth-order valence-corrected chi connectivity index (χ4v) is 0.911. The average Bonchev–Trinajstić information content (AvgIpc) is 2.10. The van der Waals surface area contributed by atoms with Crippen molar-refractivity contribution in [1.29, 1.82) is 0 Å². The standard InChI is InChI=1S/C10H23NO2/c1-5-13-7-9(4)11-6-10(12)8(2)3/h8-12H,5-7H2,1-4H3. The molecule has 0 aromatic rings. The molecule has 2 N–H and O–H groups in total. The van der Waals surface area contributed by atoms with Crippen molar-refractivity contribution < 1.29 is 9.84 Å². The first kappa shape index (κ1) is 12.9. The highest BCUT2D eigenvalue weighted by Gasteiger charge is 2.10. The quantitative estimate of drug-likeness (QED) is 0.628. The molecule has 0 saturated heterocycles. The monoisotopic (exact) mass is 189 g/mol. The van der Waals surface area contributed by atoms with Gasteiger partial charge < -0.3 is 15.2 Å². The highest BCUT2D eigenvalue weighted by Crippen LogP contribution is 1.99. The fourth-order valence-electron chi connectivity index (χ4n) is 0.911. The molecular weight excluding hydrogens is 166 g/mol. The third-order valence-corrected chi connectivity index (χ3v) is 2.02. The van der Waals surface area contributed by atoms with Gasteiger partial charge in [0, 0.05) is 19.2 Å². The number of rotatable bonds is 7. The van der Waals surface area contributed by atoms with Gasteiger partial charge in [0.2, 0.25) is 0 Å². The minimum Gasteiger partial charge on any atom is -0.392 e. The van der Waals surface area contributed by atoms with Crippen molar-refractivity contribution in [1.82, 2.24) is 5.32 Å². The summed E-state index contributed by atoms with van der Waals surface area (Å²) in [5.74, 6) is 0.312. The number of hydrogen-bond donors (Lipinski definition) is 2. The van der Waals surface area contributed by atoms with E-state index in [0.29, 0.717) is 25.1 Å². The van der Waals surface area contributed by atoms with Gasteiger partial charge in [0.05, 0.1) is 12.7 Å². The molecule has 0 radical (unpaired) electrons. The van der Waals surface area contributed by atoms with Crippen LogP contribution in [-0.2, 0) is 4.74 Å². The number of hydrogen-bond acceptors (Lipinski definition) is 3. The molecule has 2 unspecified atom stereocenters. The maximum atomic E-state index is 9.50. The maximum absolute atomic E-state index is 9.50. The topological polar surface area (TPSA) is 41.5 Å². The summed E-state index contributed by atoms with van der Waals surface area (Å²) in [4.78, 5) is 0. The van der Waals surface area contributed by atoms with E-state index in [1.807, 2.05) is 20.8 Å². The minimum atomic E-state index is -0.260. The van der Waals surface area contributed by atoms with Gasteiger partial charge in [-0.3, -0.25) is 0 Å². The summed E-state index contributed by atoms with van der Waals surface area (Å²) in [7, 11) is 0. The third-order valence-electron chi connectivity index (χ3n) is 2.02. The lowest BCUT2D eigenvalue weighted by atomic mass is 10.1. The lowest BCUT2D eigenvalue weighted by molar-refractivity contribution is 0.0992. The Hall–Kier alpha value is -0.120. The van der Waals surface area contributed by atoms with Gasteiger partial charge in [-0.1, -0.05) is 13.8 Å². The van der Waals surface area contributed by atoms with Crippen LogP contribution in [0.5, 0.6) is 0 Å². The van der Waals surface area contributed by atoms with Crippen molar-refractivity contribution in [2.24, 2.45) is 5.92 Å². The van der Waals surface area contributed by atoms with Crippen molar-refractivity contribution in [3.05, 3.63) is 0 Å². The summed E-state index contributed by atoms with van der Waals surface area (Å²) < 4.78 is 5.24. The number of aliphatic hydroxyl groups is 1. The third kappa shape index (κ3) is 6.99.